The molecule has 2 aromatic rings. The van der Waals surface area contributed by atoms with Gasteiger partial charge in [-0.05, 0) is 11.4 Å². The van der Waals surface area contributed by atoms with Gasteiger partial charge in [0, 0.05) is 12.6 Å². The van der Waals surface area contributed by atoms with Gasteiger partial charge < -0.3 is 10.7 Å². The molecule has 0 aliphatic carbocycles. The summed E-state index contributed by atoms with van der Waals surface area (Å²) in [5.41, 5.74) is 5.25. The SMILES string of the molecule is NC(=O)c1[nH]cnc1N=CCC(=O)c1cccs1. The molecule has 0 unspecified atom stereocenters. The Labute approximate surface area is 107 Å². The number of hydrogen-bond donors (Lipinski definition) is 2. The van der Waals surface area contributed by atoms with E-state index in [-0.39, 0.29) is 23.7 Å². The Morgan fingerprint density at radius 2 is 2.39 bits per heavy atom. The zero-order valence-electron chi connectivity index (χ0n) is 9.29. The number of rotatable bonds is 5. The third-order valence-electron chi connectivity index (χ3n) is 2.15. The number of Topliss-reactive ketones (excluding diaryl/α,β-unsaturated/α-hetero) is 1. The lowest BCUT2D eigenvalue weighted by Gasteiger charge is -1.92. The quantitative estimate of drug-likeness (QED) is 0.631. The molecule has 92 valence electrons. The maximum absolute atomic E-state index is 11.7. The molecule has 0 atom stereocenters. The summed E-state index contributed by atoms with van der Waals surface area (Å²) in [7, 11) is 0. The number of aromatic nitrogens is 2. The highest BCUT2D eigenvalue weighted by molar-refractivity contribution is 7.12. The van der Waals surface area contributed by atoms with E-state index in [1.807, 2.05) is 11.4 Å². The highest BCUT2D eigenvalue weighted by atomic mass is 32.1. The smallest absolute Gasteiger partial charge is 0.269 e. The molecule has 2 heterocycles. The van der Waals surface area contributed by atoms with Crippen molar-refractivity contribution >= 4 is 35.1 Å². The number of nitrogens with two attached hydrogens (primary N) is 1. The summed E-state index contributed by atoms with van der Waals surface area (Å²) in [6, 6.07) is 3.57. The number of primary amides is 1. The molecule has 0 aliphatic heterocycles. The van der Waals surface area contributed by atoms with Crippen molar-refractivity contribution < 1.29 is 9.59 Å². The van der Waals surface area contributed by atoms with Crippen LogP contribution in [0.15, 0.2) is 28.8 Å². The third kappa shape index (κ3) is 2.69. The van der Waals surface area contributed by atoms with Gasteiger partial charge in [-0.2, -0.15) is 0 Å². The monoisotopic (exact) mass is 262 g/mol. The van der Waals surface area contributed by atoms with Crippen molar-refractivity contribution in [3.63, 3.8) is 0 Å². The van der Waals surface area contributed by atoms with Gasteiger partial charge in [0.15, 0.2) is 17.3 Å². The molecule has 0 saturated carbocycles. The standard InChI is InChI=1S/C11H10N4O2S/c12-10(17)9-11(15-6-14-9)13-4-3-7(16)8-2-1-5-18-8/h1-2,4-6H,3H2,(H2,12,17)(H,14,15). The van der Waals surface area contributed by atoms with E-state index in [2.05, 4.69) is 15.0 Å². The van der Waals surface area contributed by atoms with Crippen LogP contribution in [0, 0.1) is 0 Å². The Bertz CT molecular complexity index is 586. The lowest BCUT2D eigenvalue weighted by molar-refractivity contribution is 0.0992. The number of H-pyrrole nitrogens is 1. The van der Waals surface area contributed by atoms with Crippen molar-refractivity contribution in [3.05, 3.63) is 34.4 Å². The molecule has 3 N–H and O–H groups in total. The number of aromatic amines is 1. The van der Waals surface area contributed by atoms with Crippen LogP contribution in [0.3, 0.4) is 0 Å². The number of carbonyl (C=O) groups excluding carboxylic acids is 2. The van der Waals surface area contributed by atoms with Crippen LogP contribution in [0.4, 0.5) is 5.82 Å². The van der Waals surface area contributed by atoms with E-state index in [1.165, 1.54) is 23.9 Å². The number of ketones is 1. The average molecular weight is 262 g/mol. The van der Waals surface area contributed by atoms with Crippen LogP contribution < -0.4 is 5.73 Å². The van der Waals surface area contributed by atoms with Crippen LogP contribution in [-0.4, -0.2) is 27.9 Å². The van der Waals surface area contributed by atoms with Crippen molar-refractivity contribution in [2.24, 2.45) is 10.7 Å². The molecule has 0 fully saturated rings. The molecule has 18 heavy (non-hydrogen) atoms. The summed E-state index contributed by atoms with van der Waals surface area (Å²) < 4.78 is 0. The van der Waals surface area contributed by atoms with Gasteiger partial charge in [0.05, 0.1) is 11.2 Å². The van der Waals surface area contributed by atoms with Gasteiger partial charge in [-0.15, -0.1) is 11.3 Å². The van der Waals surface area contributed by atoms with Crippen LogP contribution in [0.25, 0.3) is 0 Å². The second kappa shape index (κ2) is 5.37. The Kier molecular flexibility index (Phi) is 3.63. The largest absolute Gasteiger partial charge is 0.364 e. The molecule has 0 aromatic carbocycles. The highest BCUT2D eigenvalue weighted by Crippen LogP contribution is 2.13. The molecular formula is C11H10N4O2S. The Morgan fingerprint density at radius 1 is 1.56 bits per heavy atom. The lowest BCUT2D eigenvalue weighted by atomic mass is 10.2. The molecular weight excluding hydrogens is 252 g/mol. The van der Waals surface area contributed by atoms with Gasteiger partial charge in [-0.3, -0.25) is 9.59 Å². The number of nitrogens with one attached hydrogen (secondary N) is 1. The predicted octanol–water partition coefficient (Wildman–Crippen LogP) is 1.55. The fourth-order valence-electron chi connectivity index (χ4n) is 1.32. The molecule has 7 heteroatoms. The molecule has 0 spiro atoms. The van der Waals surface area contributed by atoms with Crippen LogP contribution in [0.5, 0.6) is 0 Å². The van der Waals surface area contributed by atoms with Crippen LogP contribution >= 0.6 is 11.3 Å². The number of thiophene rings is 1. The van der Waals surface area contributed by atoms with Gasteiger partial charge in [-0.25, -0.2) is 9.98 Å². The predicted molar refractivity (Wildman–Crippen MR) is 68.5 cm³/mol. The van der Waals surface area contributed by atoms with E-state index in [0.717, 1.165) is 0 Å². The number of hydrogen-bond acceptors (Lipinski definition) is 5. The van der Waals surface area contributed by atoms with E-state index in [9.17, 15) is 9.59 Å². The normalized spacial score (nSPS) is 10.9. The maximum Gasteiger partial charge on any atom is 0.269 e. The third-order valence-corrected chi connectivity index (χ3v) is 3.06. The van der Waals surface area contributed by atoms with Gasteiger partial charge in [0.1, 0.15) is 0 Å². The van der Waals surface area contributed by atoms with E-state index in [1.54, 1.807) is 6.07 Å². The molecule has 0 bridgehead atoms. The van der Waals surface area contributed by atoms with Crippen molar-refractivity contribution in [3.8, 4) is 0 Å². The summed E-state index contributed by atoms with van der Waals surface area (Å²) in [5.74, 6) is -0.462. The minimum atomic E-state index is -0.635. The Morgan fingerprint density at radius 3 is 3.06 bits per heavy atom. The van der Waals surface area contributed by atoms with Crippen molar-refractivity contribution in [1.29, 1.82) is 0 Å². The minimum absolute atomic E-state index is 0.0232. The summed E-state index contributed by atoms with van der Waals surface area (Å²) in [4.78, 5) is 33.7. The van der Waals surface area contributed by atoms with Gasteiger partial charge in [0.25, 0.3) is 5.91 Å². The fourth-order valence-corrected chi connectivity index (χ4v) is 1.99. The molecule has 0 radical (unpaired) electrons. The van der Waals surface area contributed by atoms with Crippen molar-refractivity contribution in [2.75, 3.05) is 0 Å². The van der Waals surface area contributed by atoms with E-state index >= 15 is 0 Å². The van der Waals surface area contributed by atoms with Crippen LogP contribution in [-0.2, 0) is 0 Å². The zero-order chi connectivity index (χ0) is 13.0. The number of nitrogens with zero attached hydrogens (tertiary/aromatic N) is 2. The van der Waals surface area contributed by atoms with Gasteiger partial charge in [0.2, 0.25) is 0 Å². The van der Waals surface area contributed by atoms with E-state index < -0.39 is 5.91 Å². The van der Waals surface area contributed by atoms with E-state index in [4.69, 9.17) is 5.73 Å². The number of carbonyl (C=O) groups is 2. The molecule has 1 amide bonds. The highest BCUT2D eigenvalue weighted by Gasteiger charge is 2.09. The van der Waals surface area contributed by atoms with Crippen LogP contribution in [0.2, 0.25) is 0 Å². The molecule has 2 rings (SSSR count). The second-order valence-electron chi connectivity index (χ2n) is 3.38. The molecule has 0 aliphatic rings. The molecule has 6 nitrogen and oxygen atoms in total. The first-order chi connectivity index (χ1) is 8.68. The van der Waals surface area contributed by atoms with Gasteiger partial charge in [-0.1, -0.05) is 6.07 Å². The number of aliphatic imine (C=N–C) groups is 1. The van der Waals surface area contributed by atoms with Crippen molar-refractivity contribution in [2.45, 2.75) is 6.42 Å². The zero-order valence-corrected chi connectivity index (χ0v) is 10.1. The van der Waals surface area contributed by atoms with E-state index in [0.29, 0.717) is 4.88 Å². The van der Waals surface area contributed by atoms with Crippen LogP contribution in [0.1, 0.15) is 26.6 Å². The molecule has 0 saturated heterocycles. The second-order valence-corrected chi connectivity index (χ2v) is 4.33. The summed E-state index contributed by atoms with van der Waals surface area (Å²) in [6.45, 7) is 0. The first-order valence-electron chi connectivity index (χ1n) is 5.11. The maximum atomic E-state index is 11.7. The summed E-state index contributed by atoms with van der Waals surface area (Å²) >= 11 is 1.38. The van der Waals surface area contributed by atoms with Gasteiger partial charge >= 0.3 is 0 Å². The fraction of sp³-hybridized carbons (Fsp3) is 0.0909. The number of amides is 1. The van der Waals surface area contributed by atoms with Crippen molar-refractivity contribution in [1.82, 2.24) is 9.97 Å². The first kappa shape index (κ1) is 12.2. The molecule has 2 aromatic heterocycles. The number of imidazole rings is 1. The Hall–Kier alpha value is -2.28. The summed E-state index contributed by atoms with van der Waals surface area (Å²) in [6.07, 6.45) is 2.91. The first-order valence-corrected chi connectivity index (χ1v) is 5.99. The minimum Gasteiger partial charge on any atom is -0.364 e. The average Bonchev–Trinajstić information content (AvgIpc) is 2.99. The summed E-state index contributed by atoms with van der Waals surface area (Å²) in [5, 5.41) is 1.84. The Balaban J connectivity index is 2.02. The lowest BCUT2D eigenvalue weighted by Crippen LogP contribution is -2.11. The topological polar surface area (TPSA) is 101 Å².